The number of nitrogens with one attached hydrogen (secondary N) is 2. The maximum Gasteiger partial charge on any atom is 0.407 e. The van der Waals surface area contributed by atoms with Gasteiger partial charge in [-0.25, -0.2) is 10.2 Å². The predicted octanol–water partition coefficient (Wildman–Crippen LogP) is 2.48. The number of para-hydroxylation sites is 1. The zero-order valence-corrected chi connectivity index (χ0v) is 14.7. The van der Waals surface area contributed by atoms with E-state index in [9.17, 15) is 9.59 Å². The molecule has 0 unspecified atom stereocenters. The number of alkyl carbamates (subject to hydrolysis) is 1. The molecule has 25 heavy (non-hydrogen) atoms. The fraction of sp³-hybridized carbons (Fsp3) is 0.389. The Labute approximate surface area is 147 Å². The molecule has 0 fully saturated rings. The molecule has 0 atom stereocenters. The van der Waals surface area contributed by atoms with E-state index in [1.54, 1.807) is 27.0 Å². The minimum atomic E-state index is -0.564. The molecular weight excluding hydrogens is 322 g/mol. The van der Waals surface area contributed by atoms with Crippen LogP contribution in [0.4, 0.5) is 4.79 Å². The molecule has 1 heterocycles. The summed E-state index contributed by atoms with van der Waals surface area (Å²) in [5.41, 5.74) is 3.68. The average molecular weight is 345 g/mol. The lowest BCUT2D eigenvalue weighted by Crippen LogP contribution is -2.34. The molecule has 0 spiro atoms. The van der Waals surface area contributed by atoms with Crippen LogP contribution in [0.1, 0.15) is 32.8 Å². The van der Waals surface area contributed by atoms with E-state index < -0.39 is 11.7 Å². The maximum absolute atomic E-state index is 11.7. The Hall–Kier alpha value is -2.83. The molecule has 2 rings (SSSR count). The summed E-state index contributed by atoms with van der Waals surface area (Å²) in [6, 6.07) is 7.69. The summed E-state index contributed by atoms with van der Waals surface area (Å²) in [5, 5.41) is 6.42. The highest BCUT2D eigenvalue weighted by Crippen LogP contribution is 2.24. The normalized spacial score (nSPS) is 13.5. The van der Waals surface area contributed by atoms with Crippen molar-refractivity contribution in [3.05, 3.63) is 35.4 Å². The lowest BCUT2D eigenvalue weighted by molar-refractivity contribution is -0.120. The molecule has 1 aromatic carbocycles. The van der Waals surface area contributed by atoms with Gasteiger partial charge in [0.05, 0.1) is 6.21 Å². The van der Waals surface area contributed by atoms with Crippen LogP contribution in [0.5, 0.6) is 5.75 Å². The van der Waals surface area contributed by atoms with E-state index in [1.807, 2.05) is 30.3 Å². The Morgan fingerprint density at radius 1 is 1.32 bits per heavy atom. The highest BCUT2D eigenvalue weighted by molar-refractivity contribution is 5.88. The van der Waals surface area contributed by atoms with Gasteiger partial charge in [-0.3, -0.25) is 4.79 Å². The van der Waals surface area contributed by atoms with Gasteiger partial charge >= 0.3 is 6.09 Å². The van der Waals surface area contributed by atoms with Gasteiger partial charge < -0.3 is 14.8 Å². The van der Waals surface area contributed by atoms with Gasteiger partial charge in [-0.2, -0.15) is 5.10 Å². The number of ether oxygens (including phenoxy) is 2. The highest BCUT2D eigenvalue weighted by atomic mass is 16.6. The quantitative estimate of drug-likeness (QED) is 0.634. The minimum Gasteiger partial charge on any atom is -0.488 e. The van der Waals surface area contributed by atoms with Crippen LogP contribution in [0.15, 0.2) is 34.9 Å². The summed E-state index contributed by atoms with van der Waals surface area (Å²) in [6.45, 7) is 5.90. The number of rotatable bonds is 5. The molecule has 134 valence electrons. The van der Waals surface area contributed by atoms with E-state index in [0.29, 0.717) is 6.61 Å². The lowest BCUT2D eigenvalue weighted by Gasteiger charge is -2.19. The van der Waals surface area contributed by atoms with Crippen molar-refractivity contribution in [1.29, 1.82) is 0 Å². The molecule has 0 bridgehead atoms. The van der Waals surface area contributed by atoms with E-state index in [1.165, 1.54) is 0 Å². The SMILES string of the molecule is CC(C)(C)OC(=O)NCCC(=O)N/N=C\C1=Cc2ccccc2OC1. The molecule has 1 aromatic rings. The van der Waals surface area contributed by atoms with Crippen LogP contribution < -0.4 is 15.5 Å². The first-order valence-electron chi connectivity index (χ1n) is 8.05. The third kappa shape index (κ3) is 6.66. The van der Waals surface area contributed by atoms with Crippen molar-refractivity contribution in [3.8, 4) is 5.75 Å². The second-order valence-electron chi connectivity index (χ2n) is 6.52. The summed E-state index contributed by atoms with van der Waals surface area (Å²) >= 11 is 0. The Bertz CT molecular complexity index is 690. The van der Waals surface area contributed by atoms with Gasteiger partial charge in [0.1, 0.15) is 18.0 Å². The molecule has 1 aliphatic heterocycles. The Balaban J connectivity index is 1.71. The van der Waals surface area contributed by atoms with Crippen molar-refractivity contribution < 1.29 is 19.1 Å². The zero-order chi connectivity index (χ0) is 18.3. The van der Waals surface area contributed by atoms with Crippen LogP contribution >= 0.6 is 0 Å². The van der Waals surface area contributed by atoms with Crippen LogP contribution in [0.25, 0.3) is 6.08 Å². The molecular formula is C18H23N3O4. The van der Waals surface area contributed by atoms with Crippen LogP contribution in [-0.2, 0) is 9.53 Å². The van der Waals surface area contributed by atoms with E-state index in [-0.39, 0.29) is 18.9 Å². The number of hydrogen-bond donors (Lipinski definition) is 2. The molecule has 0 saturated carbocycles. The van der Waals surface area contributed by atoms with E-state index in [2.05, 4.69) is 15.8 Å². The Morgan fingerprint density at radius 2 is 2.08 bits per heavy atom. The number of carbonyl (C=O) groups is 2. The first kappa shape index (κ1) is 18.5. The number of carbonyl (C=O) groups excluding carboxylic acids is 2. The standard InChI is InChI=1S/C18H23N3O4/c1-18(2,3)25-17(23)19-9-8-16(22)21-20-11-13-10-14-6-4-5-7-15(14)24-12-13/h4-7,10-11H,8-9,12H2,1-3H3,(H,19,23)(H,21,22)/b20-11-. The van der Waals surface area contributed by atoms with Gasteiger partial charge in [-0.15, -0.1) is 0 Å². The summed E-state index contributed by atoms with van der Waals surface area (Å²) in [6.07, 6.45) is 3.06. The largest absolute Gasteiger partial charge is 0.488 e. The molecule has 0 radical (unpaired) electrons. The Morgan fingerprint density at radius 3 is 2.84 bits per heavy atom. The van der Waals surface area contributed by atoms with E-state index in [4.69, 9.17) is 9.47 Å². The van der Waals surface area contributed by atoms with Gasteiger partial charge in [0.25, 0.3) is 0 Å². The smallest absolute Gasteiger partial charge is 0.407 e. The first-order valence-corrected chi connectivity index (χ1v) is 8.05. The van der Waals surface area contributed by atoms with Crippen molar-refractivity contribution in [2.45, 2.75) is 32.8 Å². The van der Waals surface area contributed by atoms with Crippen molar-refractivity contribution in [2.24, 2.45) is 5.10 Å². The van der Waals surface area contributed by atoms with Crippen LogP contribution in [0, 0.1) is 0 Å². The summed E-state index contributed by atoms with van der Waals surface area (Å²) in [7, 11) is 0. The number of amides is 2. The molecule has 0 saturated heterocycles. The number of hydrazone groups is 1. The third-order valence-corrected chi connectivity index (χ3v) is 3.09. The average Bonchev–Trinajstić information content (AvgIpc) is 2.53. The topological polar surface area (TPSA) is 89.0 Å². The summed E-state index contributed by atoms with van der Waals surface area (Å²) < 4.78 is 10.7. The zero-order valence-electron chi connectivity index (χ0n) is 14.7. The van der Waals surface area contributed by atoms with Crippen LogP contribution in [0.3, 0.4) is 0 Å². The van der Waals surface area contributed by atoms with E-state index >= 15 is 0 Å². The fourth-order valence-corrected chi connectivity index (χ4v) is 2.04. The van der Waals surface area contributed by atoms with E-state index in [0.717, 1.165) is 16.9 Å². The molecule has 0 aromatic heterocycles. The van der Waals surface area contributed by atoms with Crippen molar-refractivity contribution in [2.75, 3.05) is 13.2 Å². The molecule has 2 N–H and O–H groups in total. The van der Waals surface area contributed by atoms with Gasteiger partial charge in [0.2, 0.25) is 5.91 Å². The molecule has 7 heteroatoms. The number of hydrogen-bond acceptors (Lipinski definition) is 5. The number of benzene rings is 1. The molecule has 7 nitrogen and oxygen atoms in total. The molecule has 0 aliphatic carbocycles. The predicted molar refractivity (Wildman–Crippen MR) is 95.4 cm³/mol. The third-order valence-electron chi connectivity index (χ3n) is 3.09. The maximum atomic E-state index is 11.7. The second-order valence-corrected chi connectivity index (χ2v) is 6.52. The van der Waals surface area contributed by atoms with Gasteiger partial charge in [0, 0.05) is 24.1 Å². The van der Waals surface area contributed by atoms with Crippen LogP contribution in [0.2, 0.25) is 0 Å². The highest BCUT2D eigenvalue weighted by Gasteiger charge is 2.15. The van der Waals surface area contributed by atoms with Gasteiger partial charge in [-0.05, 0) is 32.9 Å². The number of fused-ring (bicyclic) bond motifs is 1. The second kappa shape index (κ2) is 8.32. The minimum absolute atomic E-state index is 0.106. The summed E-state index contributed by atoms with van der Waals surface area (Å²) in [5.74, 6) is 0.530. The lowest BCUT2D eigenvalue weighted by atomic mass is 10.1. The fourth-order valence-electron chi connectivity index (χ4n) is 2.04. The van der Waals surface area contributed by atoms with Crippen LogP contribution in [-0.4, -0.2) is 37.0 Å². The van der Waals surface area contributed by atoms with Gasteiger partial charge in [0.15, 0.2) is 0 Å². The first-order chi connectivity index (χ1) is 11.8. The van der Waals surface area contributed by atoms with Gasteiger partial charge in [-0.1, -0.05) is 18.2 Å². The monoisotopic (exact) mass is 345 g/mol. The molecule has 2 amide bonds. The number of nitrogens with zero attached hydrogens (tertiary/aromatic N) is 1. The Kier molecular flexibility index (Phi) is 6.16. The summed E-state index contributed by atoms with van der Waals surface area (Å²) in [4.78, 5) is 23.1. The van der Waals surface area contributed by atoms with Crippen molar-refractivity contribution >= 4 is 24.3 Å². The molecule has 1 aliphatic rings. The van der Waals surface area contributed by atoms with Crippen molar-refractivity contribution in [1.82, 2.24) is 10.7 Å². The van der Waals surface area contributed by atoms with Crippen molar-refractivity contribution in [3.63, 3.8) is 0 Å².